The van der Waals surface area contributed by atoms with Crippen molar-refractivity contribution in [1.29, 1.82) is 0 Å². The number of nitrogens with zero attached hydrogens (tertiary/aromatic N) is 2. The van der Waals surface area contributed by atoms with Gasteiger partial charge in [0.2, 0.25) is 0 Å². The molecular weight excluding hydrogens is 166 g/mol. The maximum absolute atomic E-state index is 13.0. The minimum Gasteiger partial charge on any atom is -0.241 e. The van der Waals surface area contributed by atoms with Crippen LogP contribution < -0.4 is 5.46 Å². The van der Waals surface area contributed by atoms with E-state index in [-0.39, 0.29) is 5.46 Å². The van der Waals surface area contributed by atoms with Gasteiger partial charge in [0.15, 0.2) is 0 Å². The summed E-state index contributed by atoms with van der Waals surface area (Å²) in [6, 6.07) is 6.36. The van der Waals surface area contributed by atoms with Crippen LogP contribution >= 0.6 is 0 Å². The van der Waals surface area contributed by atoms with Crippen LogP contribution in [0.3, 0.4) is 0 Å². The molecule has 4 heteroatoms. The number of hydrogen-bond donors (Lipinski definition) is 0. The van der Waals surface area contributed by atoms with Crippen LogP contribution in [0, 0.1) is 5.82 Å². The van der Waals surface area contributed by atoms with Gasteiger partial charge in [0.1, 0.15) is 13.7 Å². The fraction of sp³-hybridized carbons (Fsp3) is 0. The Balaban J connectivity index is 2.49. The Hall–Kier alpha value is -1.58. The van der Waals surface area contributed by atoms with Crippen molar-refractivity contribution in [3.63, 3.8) is 0 Å². The van der Waals surface area contributed by atoms with Gasteiger partial charge in [0.05, 0.1) is 5.69 Å². The van der Waals surface area contributed by atoms with Crippen LogP contribution in [-0.4, -0.2) is 17.6 Å². The molecule has 0 spiro atoms. The van der Waals surface area contributed by atoms with Gasteiger partial charge in [-0.25, -0.2) is 9.07 Å². The highest BCUT2D eigenvalue weighted by atomic mass is 19.1. The molecule has 0 atom stereocenters. The Labute approximate surface area is 76.4 Å². The van der Waals surface area contributed by atoms with E-state index >= 15 is 0 Å². The van der Waals surface area contributed by atoms with E-state index in [9.17, 15) is 4.39 Å². The van der Waals surface area contributed by atoms with Crippen molar-refractivity contribution in [3.05, 3.63) is 42.5 Å². The second-order valence-electron chi connectivity index (χ2n) is 2.66. The first-order chi connectivity index (χ1) is 6.27. The molecular formula is C9H6BFN2. The van der Waals surface area contributed by atoms with Crippen molar-refractivity contribution in [1.82, 2.24) is 9.78 Å². The minimum absolute atomic E-state index is 0.149. The van der Waals surface area contributed by atoms with Crippen LogP contribution in [0.5, 0.6) is 0 Å². The highest BCUT2D eigenvalue weighted by Gasteiger charge is 1.99. The Bertz CT molecular complexity index is 412. The molecule has 0 aliphatic carbocycles. The van der Waals surface area contributed by atoms with Crippen LogP contribution in [0.1, 0.15) is 0 Å². The lowest BCUT2D eigenvalue weighted by Crippen LogP contribution is -2.09. The fourth-order valence-corrected chi connectivity index (χ4v) is 1.08. The van der Waals surface area contributed by atoms with Crippen LogP contribution in [0.15, 0.2) is 36.7 Å². The van der Waals surface area contributed by atoms with E-state index in [4.69, 9.17) is 7.85 Å². The SMILES string of the molecule is [B]c1ccc(-n2cccn2)cc1F. The molecule has 13 heavy (non-hydrogen) atoms. The molecule has 0 aliphatic rings. The van der Waals surface area contributed by atoms with Crippen molar-refractivity contribution in [2.24, 2.45) is 0 Å². The Morgan fingerprint density at radius 3 is 2.85 bits per heavy atom. The molecule has 0 amide bonds. The molecule has 0 N–H and O–H groups in total. The normalized spacial score (nSPS) is 10.2. The molecule has 0 saturated carbocycles. The van der Waals surface area contributed by atoms with Crippen molar-refractivity contribution in [3.8, 4) is 5.69 Å². The summed E-state index contributed by atoms with van der Waals surface area (Å²) in [7, 11) is 5.34. The smallest absolute Gasteiger partial charge is 0.118 e. The van der Waals surface area contributed by atoms with E-state index in [0.29, 0.717) is 5.69 Å². The Kier molecular flexibility index (Phi) is 1.89. The largest absolute Gasteiger partial charge is 0.241 e. The van der Waals surface area contributed by atoms with Gasteiger partial charge in [-0.05, 0) is 18.2 Å². The number of benzene rings is 1. The molecule has 0 unspecified atom stereocenters. The molecule has 2 rings (SSSR count). The van der Waals surface area contributed by atoms with Crippen molar-refractivity contribution < 1.29 is 4.39 Å². The summed E-state index contributed by atoms with van der Waals surface area (Å²) in [6.07, 6.45) is 3.37. The van der Waals surface area contributed by atoms with Gasteiger partial charge in [-0.2, -0.15) is 5.10 Å². The molecule has 0 bridgehead atoms. The topological polar surface area (TPSA) is 17.8 Å². The summed E-state index contributed by atoms with van der Waals surface area (Å²) in [5.74, 6) is -0.423. The van der Waals surface area contributed by atoms with Gasteiger partial charge in [-0.3, -0.25) is 0 Å². The molecule has 2 radical (unpaired) electrons. The third-order valence-corrected chi connectivity index (χ3v) is 1.75. The summed E-state index contributed by atoms with van der Waals surface area (Å²) in [6.45, 7) is 0. The zero-order valence-electron chi connectivity index (χ0n) is 6.81. The van der Waals surface area contributed by atoms with Gasteiger partial charge in [-0.15, -0.1) is 0 Å². The van der Waals surface area contributed by atoms with E-state index in [1.165, 1.54) is 12.1 Å². The minimum atomic E-state index is -0.423. The second kappa shape index (κ2) is 3.05. The number of hydrogen-bond acceptors (Lipinski definition) is 1. The van der Waals surface area contributed by atoms with Crippen molar-refractivity contribution in [2.45, 2.75) is 0 Å². The molecule has 1 aromatic heterocycles. The van der Waals surface area contributed by atoms with Crippen molar-refractivity contribution in [2.75, 3.05) is 0 Å². The molecule has 0 fully saturated rings. The Morgan fingerprint density at radius 1 is 1.38 bits per heavy atom. The maximum atomic E-state index is 13.0. The highest BCUT2D eigenvalue weighted by molar-refractivity contribution is 6.32. The molecule has 0 aliphatic heterocycles. The van der Waals surface area contributed by atoms with E-state index in [1.807, 2.05) is 0 Å². The van der Waals surface area contributed by atoms with Crippen LogP contribution in [-0.2, 0) is 0 Å². The van der Waals surface area contributed by atoms with E-state index < -0.39 is 5.82 Å². The first-order valence-electron chi connectivity index (χ1n) is 3.82. The van der Waals surface area contributed by atoms with Crippen LogP contribution in [0.4, 0.5) is 4.39 Å². The maximum Gasteiger partial charge on any atom is 0.118 e. The van der Waals surface area contributed by atoms with Gasteiger partial charge in [0.25, 0.3) is 0 Å². The average Bonchev–Trinajstić information content (AvgIpc) is 2.62. The van der Waals surface area contributed by atoms with E-state index in [1.54, 1.807) is 29.2 Å². The third kappa shape index (κ3) is 1.47. The summed E-state index contributed by atoms with van der Waals surface area (Å²) < 4.78 is 14.6. The molecule has 1 aromatic carbocycles. The summed E-state index contributed by atoms with van der Waals surface area (Å²) in [5, 5.41) is 3.97. The fourth-order valence-electron chi connectivity index (χ4n) is 1.08. The molecule has 0 saturated heterocycles. The molecule has 1 heterocycles. The van der Waals surface area contributed by atoms with Gasteiger partial charge in [-0.1, -0.05) is 11.5 Å². The number of halogens is 1. The van der Waals surface area contributed by atoms with E-state index in [2.05, 4.69) is 5.10 Å². The number of aromatic nitrogens is 2. The number of rotatable bonds is 1. The third-order valence-electron chi connectivity index (χ3n) is 1.75. The lowest BCUT2D eigenvalue weighted by molar-refractivity contribution is 0.633. The lowest BCUT2D eigenvalue weighted by atomic mass is 9.95. The van der Waals surface area contributed by atoms with Gasteiger partial charge >= 0.3 is 0 Å². The second-order valence-corrected chi connectivity index (χ2v) is 2.66. The molecule has 2 aromatic rings. The highest BCUT2D eigenvalue weighted by Crippen LogP contribution is 2.05. The average molecular weight is 172 g/mol. The van der Waals surface area contributed by atoms with Gasteiger partial charge in [0, 0.05) is 12.4 Å². The van der Waals surface area contributed by atoms with Crippen molar-refractivity contribution >= 4 is 13.3 Å². The van der Waals surface area contributed by atoms with Crippen LogP contribution in [0.25, 0.3) is 5.69 Å². The monoisotopic (exact) mass is 172 g/mol. The lowest BCUT2D eigenvalue weighted by Gasteiger charge is -2.02. The predicted molar refractivity (Wildman–Crippen MR) is 48.9 cm³/mol. The molecule has 62 valence electrons. The predicted octanol–water partition coefficient (Wildman–Crippen LogP) is 0.805. The standard InChI is InChI=1S/C9H6BFN2/c10-8-3-2-7(6-9(8)11)13-5-1-4-12-13/h1-6H. The summed E-state index contributed by atoms with van der Waals surface area (Å²) >= 11 is 0. The van der Waals surface area contributed by atoms with Crippen LogP contribution in [0.2, 0.25) is 0 Å². The first-order valence-corrected chi connectivity index (χ1v) is 3.82. The summed E-state index contributed by atoms with van der Waals surface area (Å²) in [4.78, 5) is 0. The zero-order valence-corrected chi connectivity index (χ0v) is 6.81. The van der Waals surface area contributed by atoms with Gasteiger partial charge < -0.3 is 0 Å². The van der Waals surface area contributed by atoms with E-state index in [0.717, 1.165) is 0 Å². The quantitative estimate of drug-likeness (QED) is 0.581. The Morgan fingerprint density at radius 2 is 2.23 bits per heavy atom. The first kappa shape index (κ1) is 8.04. The zero-order chi connectivity index (χ0) is 9.26. The molecule has 2 nitrogen and oxygen atoms in total. The summed E-state index contributed by atoms with van der Waals surface area (Å²) in [5.41, 5.74) is 0.813.